The summed E-state index contributed by atoms with van der Waals surface area (Å²) in [6.07, 6.45) is 2.16. The Morgan fingerprint density at radius 1 is 1.25 bits per heavy atom. The van der Waals surface area contributed by atoms with E-state index < -0.39 is 0 Å². The highest BCUT2D eigenvalue weighted by Crippen LogP contribution is 2.27. The van der Waals surface area contributed by atoms with Gasteiger partial charge in [0, 0.05) is 11.6 Å². The summed E-state index contributed by atoms with van der Waals surface area (Å²) >= 11 is 11.9. The van der Waals surface area contributed by atoms with Crippen LogP contribution < -0.4 is 10.1 Å². The Morgan fingerprint density at radius 3 is 2.83 bits per heavy atom. The van der Waals surface area contributed by atoms with E-state index in [9.17, 15) is 4.79 Å². The van der Waals surface area contributed by atoms with E-state index in [2.05, 4.69) is 5.32 Å². The van der Waals surface area contributed by atoms with Gasteiger partial charge in [-0.05, 0) is 43.2 Å². The van der Waals surface area contributed by atoms with Gasteiger partial charge in [0.1, 0.15) is 12.4 Å². The van der Waals surface area contributed by atoms with E-state index in [1.165, 1.54) is 6.07 Å². The van der Waals surface area contributed by atoms with Crippen molar-refractivity contribution in [3.63, 3.8) is 0 Å². The molecule has 3 rings (SSSR count). The number of para-hydroxylation sites is 2. The number of anilines is 1. The van der Waals surface area contributed by atoms with Crippen molar-refractivity contribution in [2.24, 2.45) is 0 Å². The quantitative estimate of drug-likeness (QED) is 0.827. The van der Waals surface area contributed by atoms with Gasteiger partial charge in [-0.3, -0.25) is 4.79 Å². The molecule has 1 atom stereocenters. The van der Waals surface area contributed by atoms with Gasteiger partial charge in [-0.25, -0.2) is 0 Å². The fourth-order valence-electron chi connectivity index (χ4n) is 2.52. The minimum absolute atomic E-state index is 0.111. The molecule has 0 spiro atoms. The van der Waals surface area contributed by atoms with Crippen molar-refractivity contribution in [3.05, 3.63) is 58.1 Å². The summed E-state index contributed by atoms with van der Waals surface area (Å²) in [5.74, 6) is 0.288. The predicted octanol–water partition coefficient (Wildman–Crippen LogP) is 4.80. The molecular formula is C18H17Cl2NO3. The summed E-state index contributed by atoms with van der Waals surface area (Å²) in [6, 6.07) is 12.0. The molecule has 0 saturated carbocycles. The van der Waals surface area contributed by atoms with Gasteiger partial charge in [0.15, 0.2) is 0 Å². The lowest BCUT2D eigenvalue weighted by Gasteiger charge is -2.15. The molecule has 2 aromatic rings. The summed E-state index contributed by atoms with van der Waals surface area (Å²) in [6.45, 7) is 1.25. The average Bonchev–Trinajstić information content (AvgIpc) is 3.07. The Kier molecular flexibility index (Phi) is 5.61. The molecule has 1 fully saturated rings. The summed E-state index contributed by atoms with van der Waals surface area (Å²) in [4.78, 5) is 12.4. The first-order valence-corrected chi connectivity index (χ1v) is 8.49. The summed E-state index contributed by atoms with van der Waals surface area (Å²) in [5.41, 5.74) is 0.946. The zero-order valence-electron chi connectivity index (χ0n) is 12.9. The van der Waals surface area contributed by atoms with Crippen LogP contribution in [0.2, 0.25) is 10.0 Å². The maximum absolute atomic E-state index is 12.4. The number of nitrogens with one attached hydrogen (secondary N) is 1. The number of carbonyl (C=O) groups excluding carboxylic acids is 1. The second-order valence-electron chi connectivity index (χ2n) is 5.52. The average molecular weight is 366 g/mol. The summed E-state index contributed by atoms with van der Waals surface area (Å²) in [7, 11) is 0. The minimum atomic E-state index is -0.315. The van der Waals surface area contributed by atoms with Crippen LogP contribution in [0.4, 0.5) is 5.69 Å². The third kappa shape index (κ3) is 4.20. The first-order valence-electron chi connectivity index (χ1n) is 7.73. The van der Waals surface area contributed by atoms with Crippen molar-refractivity contribution in [1.82, 2.24) is 0 Å². The Balaban J connectivity index is 1.71. The number of hydrogen-bond acceptors (Lipinski definition) is 3. The van der Waals surface area contributed by atoms with Crippen molar-refractivity contribution >= 4 is 34.8 Å². The molecule has 1 aliphatic heterocycles. The highest BCUT2D eigenvalue weighted by Gasteiger charge is 2.18. The Hall–Kier alpha value is -1.75. The largest absolute Gasteiger partial charge is 0.489 e. The minimum Gasteiger partial charge on any atom is -0.489 e. The predicted molar refractivity (Wildman–Crippen MR) is 95.3 cm³/mol. The first-order chi connectivity index (χ1) is 11.6. The molecule has 1 heterocycles. The maximum Gasteiger partial charge on any atom is 0.257 e. The summed E-state index contributed by atoms with van der Waals surface area (Å²) < 4.78 is 11.4. The van der Waals surface area contributed by atoms with Crippen LogP contribution in [0.15, 0.2) is 42.5 Å². The number of carbonyl (C=O) groups is 1. The highest BCUT2D eigenvalue weighted by atomic mass is 35.5. The van der Waals surface area contributed by atoms with Crippen molar-refractivity contribution < 1.29 is 14.3 Å². The number of hydrogen-bond donors (Lipinski definition) is 1. The lowest BCUT2D eigenvalue weighted by Crippen LogP contribution is -2.18. The van der Waals surface area contributed by atoms with E-state index in [0.29, 0.717) is 33.7 Å². The van der Waals surface area contributed by atoms with Gasteiger partial charge in [0.2, 0.25) is 0 Å². The van der Waals surface area contributed by atoms with Crippen molar-refractivity contribution in [1.29, 1.82) is 0 Å². The Morgan fingerprint density at radius 2 is 2.08 bits per heavy atom. The Bertz CT molecular complexity index is 730. The van der Waals surface area contributed by atoms with Gasteiger partial charge >= 0.3 is 0 Å². The fraction of sp³-hybridized carbons (Fsp3) is 0.278. The van der Waals surface area contributed by atoms with Gasteiger partial charge in [0.05, 0.1) is 22.4 Å². The normalized spacial score (nSPS) is 16.8. The third-order valence-electron chi connectivity index (χ3n) is 3.76. The van der Waals surface area contributed by atoms with Crippen LogP contribution in [-0.4, -0.2) is 25.2 Å². The van der Waals surface area contributed by atoms with E-state index in [4.69, 9.17) is 32.7 Å². The monoisotopic (exact) mass is 365 g/mol. The van der Waals surface area contributed by atoms with Crippen LogP contribution in [-0.2, 0) is 4.74 Å². The zero-order valence-corrected chi connectivity index (χ0v) is 14.4. The lowest BCUT2D eigenvalue weighted by atomic mass is 10.2. The fourth-order valence-corrected chi connectivity index (χ4v) is 3.01. The van der Waals surface area contributed by atoms with Gasteiger partial charge in [-0.1, -0.05) is 35.3 Å². The topological polar surface area (TPSA) is 47.6 Å². The maximum atomic E-state index is 12.4. The number of halogens is 2. The SMILES string of the molecule is O=C(Nc1ccccc1OC[C@H]1CCCO1)c1ccc(Cl)cc1Cl. The van der Waals surface area contributed by atoms with E-state index in [1.807, 2.05) is 18.2 Å². The molecule has 0 aliphatic carbocycles. The van der Waals surface area contributed by atoms with Gasteiger partial charge < -0.3 is 14.8 Å². The smallest absolute Gasteiger partial charge is 0.257 e. The van der Waals surface area contributed by atoms with E-state index >= 15 is 0 Å². The lowest BCUT2D eigenvalue weighted by molar-refractivity contribution is 0.0682. The number of ether oxygens (including phenoxy) is 2. The van der Waals surface area contributed by atoms with E-state index in [0.717, 1.165) is 19.4 Å². The van der Waals surface area contributed by atoms with Crippen LogP contribution in [0.1, 0.15) is 23.2 Å². The molecule has 0 bridgehead atoms. The number of rotatable bonds is 5. The molecule has 1 amide bonds. The Labute approximate surface area is 150 Å². The molecule has 1 saturated heterocycles. The molecule has 24 heavy (non-hydrogen) atoms. The van der Waals surface area contributed by atoms with Gasteiger partial charge in [-0.15, -0.1) is 0 Å². The second kappa shape index (κ2) is 7.88. The van der Waals surface area contributed by atoms with E-state index in [1.54, 1.807) is 18.2 Å². The molecule has 4 nitrogen and oxygen atoms in total. The summed E-state index contributed by atoms with van der Waals surface area (Å²) in [5, 5.41) is 3.62. The van der Waals surface area contributed by atoms with Crippen LogP contribution in [0.5, 0.6) is 5.75 Å². The van der Waals surface area contributed by atoms with Crippen LogP contribution >= 0.6 is 23.2 Å². The van der Waals surface area contributed by atoms with Crippen molar-refractivity contribution in [2.75, 3.05) is 18.5 Å². The highest BCUT2D eigenvalue weighted by molar-refractivity contribution is 6.37. The van der Waals surface area contributed by atoms with Crippen LogP contribution in [0.3, 0.4) is 0 Å². The molecule has 1 aliphatic rings. The molecule has 6 heteroatoms. The molecule has 2 aromatic carbocycles. The van der Waals surface area contributed by atoms with Crippen LogP contribution in [0.25, 0.3) is 0 Å². The number of amides is 1. The van der Waals surface area contributed by atoms with Gasteiger partial charge in [-0.2, -0.15) is 0 Å². The number of benzene rings is 2. The molecule has 126 valence electrons. The second-order valence-corrected chi connectivity index (χ2v) is 6.36. The van der Waals surface area contributed by atoms with Crippen molar-refractivity contribution in [3.8, 4) is 5.75 Å². The standard InChI is InChI=1S/C18H17Cl2NO3/c19-12-7-8-14(15(20)10-12)18(22)21-16-5-1-2-6-17(16)24-11-13-4-3-9-23-13/h1-2,5-8,10,13H,3-4,9,11H2,(H,21,22)/t13-/m1/s1. The van der Waals surface area contributed by atoms with Crippen molar-refractivity contribution in [2.45, 2.75) is 18.9 Å². The molecule has 0 aromatic heterocycles. The van der Waals surface area contributed by atoms with Gasteiger partial charge in [0.25, 0.3) is 5.91 Å². The molecule has 0 unspecified atom stereocenters. The zero-order chi connectivity index (χ0) is 16.9. The first kappa shape index (κ1) is 17.1. The molecule has 0 radical (unpaired) electrons. The van der Waals surface area contributed by atoms with Crippen LogP contribution in [0, 0.1) is 0 Å². The third-order valence-corrected chi connectivity index (χ3v) is 4.31. The molecule has 1 N–H and O–H groups in total. The van der Waals surface area contributed by atoms with E-state index in [-0.39, 0.29) is 12.0 Å². The molecular weight excluding hydrogens is 349 g/mol.